The third-order valence-electron chi connectivity index (χ3n) is 6.64. The number of hydrogen-bond acceptors (Lipinski definition) is 7. The summed E-state index contributed by atoms with van der Waals surface area (Å²) >= 11 is 0. The SMILES string of the molecule is COCC1O[C@@H](O[C@H]2C(C)C(C)C(On3ccnc3)O[C@H]2C)[C@@H](C)C(C)[C@H]1OC. The van der Waals surface area contributed by atoms with Gasteiger partial charge in [-0.2, -0.15) is 4.73 Å². The van der Waals surface area contributed by atoms with Crippen molar-refractivity contribution in [2.24, 2.45) is 23.7 Å². The normalized spacial score (nSPS) is 43.3. The van der Waals surface area contributed by atoms with E-state index in [-0.39, 0.29) is 60.7 Å². The Bertz CT molecular complexity index is 614. The van der Waals surface area contributed by atoms with Gasteiger partial charge in [-0.3, -0.25) is 0 Å². The van der Waals surface area contributed by atoms with Gasteiger partial charge in [0.25, 0.3) is 0 Å². The van der Waals surface area contributed by atoms with Gasteiger partial charge < -0.3 is 28.5 Å². The molecule has 0 N–H and O–H groups in total. The van der Waals surface area contributed by atoms with Crippen molar-refractivity contribution in [1.82, 2.24) is 9.71 Å². The molecular formula is C21H36N2O6. The molecule has 0 amide bonds. The number of aromatic nitrogens is 2. The summed E-state index contributed by atoms with van der Waals surface area (Å²) in [5.74, 6) is 0.822. The lowest BCUT2D eigenvalue weighted by Crippen LogP contribution is -2.57. The minimum atomic E-state index is -0.364. The maximum absolute atomic E-state index is 6.53. The monoisotopic (exact) mass is 412 g/mol. The number of ether oxygens (including phenoxy) is 5. The fourth-order valence-electron chi connectivity index (χ4n) is 4.41. The first-order chi connectivity index (χ1) is 13.9. The molecule has 8 heteroatoms. The molecule has 166 valence electrons. The van der Waals surface area contributed by atoms with E-state index < -0.39 is 0 Å². The molecule has 2 saturated heterocycles. The van der Waals surface area contributed by atoms with E-state index in [1.54, 1.807) is 37.7 Å². The molecule has 8 nitrogen and oxygen atoms in total. The van der Waals surface area contributed by atoms with Crippen molar-refractivity contribution in [2.45, 2.75) is 71.6 Å². The molecule has 2 aliphatic rings. The first kappa shape index (κ1) is 22.5. The summed E-state index contributed by atoms with van der Waals surface area (Å²) in [5.41, 5.74) is 0. The van der Waals surface area contributed by atoms with Crippen molar-refractivity contribution in [3.05, 3.63) is 18.7 Å². The van der Waals surface area contributed by atoms with Crippen LogP contribution in [0.5, 0.6) is 0 Å². The predicted octanol–water partition coefficient (Wildman–Crippen LogP) is 2.37. The Morgan fingerprint density at radius 3 is 2.21 bits per heavy atom. The fraction of sp³-hybridized carbons (Fsp3) is 0.857. The molecule has 29 heavy (non-hydrogen) atoms. The van der Waals surface area contributed by atoms with E-state index in [4.69, 9.17) is 28.5 Å². The van der Waals surface area contributed by atoms with Gasteiger partial charge in [-0.25, -0.2) is 4.98 Å². The Kier molecular flexibility index (Phi) is 7.56. The average Bonchev–Trinajstić information content (AvgIpc) is 3.20. The van der Waals surface area contributed by atoms with Gasteiger partial charge in [0.05, 0.1) is 31.1 Å². The van der Waals surface area contributed by atoms with Gasteiger partial charge in [-0.05, 0) is 18.8 Å². The van der Waals surface area contributed by atoms with E-state index >= 15 is 0 Å². The highest BCUT2D eigenvalue weighted by Gasteiger charge is 2.47. The van der Waals surface area contributed by atoms with Crippen LogP contribution in [-0.4, -0.2) is 67.5 Å². The lowest BCUT2D eigenvalue weighted by Gasteiger charge is -2.48. The topological polar surface area (TPSA) is 73.2 Å². The average molecular weight is 413 g/mol. The van der Waals surface area contributed by atoms with Crippen LogP contribution in [0.4, 0.5) is 0 Å². The molecule has 0 aromatic carbocycles. The van der Waals surface area contributed by atoms with Crippen LogP contribution >= 0.6 is 0 Å². The van der Waals surface area contributed by atoms with Crippen LogP contribution in [-0.2, 0) is 23.7 Å². The highest BCUT2D eigenvalue weighted by molar-refractivity contribution is 4.89. The molecule has 2 fully saturated rings. The van der Waals surface area contributed by atoms with Gasteiger partial charge in [0.1, 0.15) is 12.4 Å². The highest BCUT2D eigenvalue weighted by Crippen LogP contribution is 2.38. The van der Waals surface area contributed by atoms with Crippen LogP contribution < -0.4 is 4.84 Å². The van der Waals surface area contributed by atoms with Crippen molar-refractivity contribution in [2.75, 3.05) is 20.8 Å². The molecule has 0 saturated carbocycles. The Morgan fingerprint density at radius 1 is 0.897 bits per heavy atom. The minimum Gasteiger partial charge on any atom is -0.382 e. The second-order valence-corrected chi connectivity index (χ2v) is 8.47. The lowest BCUT2D eigenvalue weighted by molar-refractivity contribution is -0.328. The molecular weight excluding hydrogens is 376 g/mol. The predicted molar refractivity (Wildman–Crippen MR) is 106 cm³/mol. The van der Waals surface area contributed by atoms with Gasteiger partial charge in [-0.1, -0.05) is 27.7 Å². The van der Waals surface area contributed by atoms with Crippen molar-refractivity contribution in [3.8, 4) is 0 Å². The summed E-state index contributed by atoms with van der Waals surface area (Å²) in [5, 5.41) is 0. The molecule has 0 spiro atoms. The molecule has 3 heterocycles. The molecule has 5 unspecified atom stereocenters. The molecule has 0 bridgehead atoms. The Hall–Kier alpha value is -1.19. The van der Waals surface area contributed by atoms with Crippen LogP contribution in [0.2, 0.25) is 0 Å². The standard InChI is InChI=1S/C21H36N2O6/c1-12-15(4)21(29-23-9-8-22-11-23)26-16(5)18(12)28-20-14(3)13(2)19(25-7)17(27-20)10-24-6/h8-9,11-21H,10H2,1-7H3/t12?,13?,14-,15?,16-,17?,18-,19+,20-,21?/m0/s1. The van der Waals surface area contributed by atoms with Gasteiger partial charge >= 0.3 is 0 Å². The molecule has 0 radical (unpaired) electrons. The van der Waals surface area contributed by atoms with Crippen LogP contribution in [0.3, 0.4) is 0 Å². The summed E-state index contributed by atoms with van der Waals surface area (Å²) in [6, 6.07) is 0. The quantitative estimate of drug-likeness (QED) is 0.681. The first-order valence-electron chi connectivity index (χ1n) is 10.5. The van der Waals surface area contributed by atoms with Crippen molar-refractivity contribution in [1.29, 1.82) is 0 Å². The van der Waals surface area contributed by atoms with Crippen molar-refractivity contribution >= 4 is 0 Å². The third-order valence-corrected chi connectivity index (χ3v) is 6.64. The second kappa shape index (κ2) is 9.75. The van der Waals surface area contributed by atoms with E-state index in [9.17, 15) is 0 Å². The lowest BCUT2D eigenvalue weighted by atomic mass is 9.83. The zero-order valence-electron chi connectivity index (χ0n) is 18.6. The summed E-state index contributed by atoms with van der Waals surface area (Å²) in [6.45, 7) is 11.1. The summed E-state index contributed by atoms with van der Waals surface area (Å²) in [6.07, 6.45) is 3.94. The van der Waals surface area contributed by atoms with E-state index in [2.05, 4.69) is 32.7 Å². The minimum absolute atomic E-state index is 0.0193. The molecule has 0 aliphatic carbocycles. The summed E-state index contributed by atoms with van der Waals surface area (Å²) < 4.78 is 31.6. The molecule has 10 atom stereocenters. The van der Waals surface area contributed by atoms with Crippen LogP contribution in [0, 0.1) is 23.7 Å². The molecule has 3 rings (SSSR count). The van der Waals surface area contributed by atoms with Gasteiger partial charge in [0, 0.05) is 32.3 Å². The van der Waals surface area contributed by atoms with Gasteiger partial charge in [-0.15, -0.1) is 0 Å². The molecule has 1 aromatic heterocycles. The van der Waals surface area contributed by atoms with Gasteiger partial charge in [0.2, 0.25) is 6.29 Å². The second-order valence-electron chi connectivity index (χ2n) is 8.47. The fourth-order valence-corrected chi connectivity index (χ4v) is 4.41. The third kappa shape index (κ3) is 4.77. The zero-order valence-corrected chi connectivity index (χ0v) is 18.6. The summed E-state index contributed by atoms with van der Waals surface area (Å²) in [4.78, 5) is 9.93. The van der Waals surface area contributed by atoms with Crippen LogP contribution in [0.25, 0.3) is 0 Å². The Morgan fingerprint density at radius 2 is 1.59 bits per heavy atom. The number of rotatable bonds is 7. The number of imidazole rings is 1. The van der Waals surface area contributed by atoms with Crippen LogP contribution in [0.1, 0.15) is 34.6 Å². The van der Waals surface area contributed by atoms with E-state index in [1.807, 2.05) is 6.92 Å². The van der Waals surface area contributed by atoms with E-state index in [0.717, 1.165) is 0 Å². The summed E-state index contributed by atoms with van der Waals surface area (Å²) in [7, 11) is 3.40. The Labute approximate surface area is 173 Å². The largest absolute Gasteiger partial charge is 0.382 e. The molecule has 1 aromatic rings. The van der Waals surface area contributed by atoms with Crippen molar-refractivity contribution in [3.63, 3.8) is 0 Å². The maximum atomic E-state index is 6.53. The van der Waals surface area contributed by atoms with Crippen LogP contribution in [0.15, 0.2) is 18.7 Å². The van der Waals surface area contributed by atoms with Crippen molar-refractivity contribution < 1.29 is 28.5 Å². The number of nitrogens with zero attached hydrogens (tertiary/aromatic N) is 2. The highest BCUT2D eigenvalue weighted by atomic mass is 16.8. The van der Waals surface area contributed by atoms with E-state index in [1.165, 1.54) is 0 Å². The number of methoxy groups -OCH3 is 2. The van der Waals surface area contributed by atoms with E-state index in [0.29, 0.717) is 6.61 Å². The Balaban J connectivity index is 1.67. The van der Waals surface area contributed by atoms with Gasteiger partial charge in [0.15, 0.2) is 6.29 Å². The maximum Gasteiger partial charge on any atom is 0.227 e. The molecule has 2 aliphatic heterocycles. The zero-order chi connectivity index (χ0) is 21.1. The smallest absolute Gasteiger partial charge is 0.227 e. The number of hydrogen-bond donors (Lipinski definition) is 0. The first-order valence-corrected chi connectivity index (χ1v) is 10.5.